The molecule has 0 atom stereocenters. The highest BCUT2D eigenvalue weighted by Crippen LogP contribution is 2.12. The van der Waals surface area contributed by atoms with Gasteiger partial charge in [0, 0.05) is 24.3 Å². The molecule has 2 rings (SSSR count). The zero-order chi connectivity index (χ0) is 10.5. The lowest BCUT2D eigenvalue weighted by atomic mass is 10.2. The molecule has 0 N–H and O–H groups in total. The fraction of sp³-hybridized carbons (Fsp3) is 0.583. The normalized spacial score (nSPS) is 17.1. The van der Waals surface area contributed by atoms with E-state index in [2.05, 4.69) is 4.90 Å². The topological polar surface area (TPSA) is 20.3 Å². The summed E-state index contributed by atoms with van der Waals surface area (Å²) in [7, 11) is 0. The molecular weight excluding hydrogens is 206 g/mol. The highest BCUT2D eigenvalue weighted by atomic mass is 32.1. The van der Waals surface area contributed by atoms with Gasteiger partial charge in [-0.05, 0) is 37.4 Å². The zero-order valence-electron chi connectivity index (χ0n) is 8.95. The highest BCUT2D eigenvalue weighted by molar-refractivity contribution is 7.10. The summed E-state index contributed by atoms with van der Waals surface area (Å²) in [5.74, 6) is 0.379. The molecule has 15 heavy (non-hydrogen) atoms. The van der Waals surface area contributed by atoms with Gasteiger partial charge in [-0.2, -0.15) is 0 Å². The van der Waals surface area contributed by atoms with E-state index in [-0.39, 0.29) is 0 Å². The first-order valence-electron chi connectivity index (χ1n) is 5.61. The predicted octanol–water partition coefficient (Wildman–Crippen LogP) is 2.35. The minimum absolute atomic E-state index is 0.379. The average Bonchev–Trinajstić information content (AvgIpc) is 2.86. The first-order chi connectivity index (χ1) is 7.34. The lowest BCUT2D eigenvalue weighted by molar-refractivity contribution is -0.118. The van der Waals surface area contributed by atoms with Crippen molar-refractivity contribution in [2.45, 2.75) is 25.7 Å². The molecule has 0 aromatic carbocycles. The SMILES string of the molecule is O=C(CCN1CCCC1)Cc1cccs1. The number of carbonyl (C=O) groups is 1. The Kier molecular flexibility index (Phi) is 3.92. The molecule has 82 valence electrons. The van der Waals surface area contributed by atoms with Crippen LogP contribution in [0, 0.1) is 0 Å². The molecule has 0 bridgehead atoms. The summed E-state index contributed by atoms with van der Waals surface area (Å²) in [4.78, 5) is 15.2. The Morgan fingerprint density at radius 3 is 2.87 bits per heavy atom. The standard InChI is InChI=1S/C12H17NOS/c14-11(10-12-4-3-9-15-12)5-8-13-6-1-2-7-13/h3-4,9H,1-2,5-8,10H2. The summed E-state index contributed by atoms with van der Waals surface area (Å²) in [6, 6.07) is 4.05. The summed E-state index contributed by atoms with van der Waals surface area (Å²) >= 11 is 1.67. The van der Waals surface area contributed by atoms with Crippen LogP contribution in [0.15, 0.2) is 17.5 Å². The van der Waals surface area contributed by atoms with Gasteiger partial charge in [0.25, 0.3) is 0 Å². The smallest absolute Gasteiger partial charge is 0.139 e. The van der Waals surface area contributed by atoms with E-state index < -0.39 is 0 Å². The Balaban J connectivity index is 1.68. The number of likely N-dealkylation sites (tertiary alicyclic amines) is 1. The molecule has 1 aromatic heterocycles. The van der Waals surface area contributed by atoms with Crippen molar-refractivity contribution in [3.8, 4) is 0 Å². The lowest BCUT2D eigenvalue weighted by Crippen LogP contribution is -2.23. The van der Waals surface area contributed by atoms with Crippen molar-refractivity contribution in [1.82, 2.24) is 4.90 Å². The maximum absolute atomic E-state index is 11.6. The Morgan fingerprint density at radius 2 is 2.20 bits per heavy atom. The molecule has 1 aliphatic rings. The van der Waals surface area contributed by atoms with Gasteiger partial charge in [0.1, 0.15) is 5.78 Å². The van der Waals surface area contributed by atoms with Gasteiger partial charge in [0.05, 0.1) is 0 Å². The monoisotopic (exact) mass is 223 g/mol. The molecule has 0 unspecified atom stereocenters. The second-order valence-corrected chi connectivity index (χ2v) is 5.13. The second-order valence-electron chi connectivity index (χ2n) is 4.09. The molecule has 0 radical (unpaired) electrons. The fourth-order valence-corrected chi connectivity index (χ4v) is 2.72. The maximum Gasteiger partial charge on any atom is 0.139 e. The van der Waals surface area contributed by atoms with Crippen LogP contribution in [-0.4, -0.2) is 30.3 Å². The van der Waals surface area contributed by atoms with Crippen molar-refractivity contribution in [1.29, 1.82) is 0 Å². The minimum Gasteiger partial charge on any atom is -0.303 e. The van der Waals surface area contributed by atoms with E-state index in [1.54, 1.807) is 11.3 Å². The van der Waals surface area contributed by atoms with Crippen molar-refractivity contribution in [2.24, 2.45) is 0 Å². The summed E-state index contributed by atoms with van der Waals surface area (Å²) in [6.07, 6.45) is 3.96. The van der Waals surface area contributed by atoms with Gasteiger partial charge >= 0.3 is 0 Å². The number of hydrogen-bond donors (Lipinski definition) is 0. The van der Waals surface area contributed by atoms with Gasteiger partial charge in [-0.25, -0.2) is 0 Å². The van der Waals surface area contributed by atoms with Crippen molar-refractivity contribution < 1.29 is 4.79 Å². The third kappa shape index (κ3) is 3.43. The molecule has 0 spiro atoms. The van der Waals surface area contributed by atoms with Crippen LogP contribution in [0.25, 0.3) is 0 Å². The van der Waals surface area contributed by atoms with Gasteiger partial charge in [0.15, 0.2) is 0 Å². The van der Waals surface area contributed by atoms with Crippen molar-refractivity contribution >= 4 is 17.1 Å². The van der Waals surface area contributed by atoms with E-state index >= 15 is 0 Å². The Hall–Kier alpha value is -0.670. The molecule has 1 fully saturated rings. The third-order valence-electron chi connectivity index (χ3n) is 2.86. The van der Waals surface area contributed by atoms with Crippen molar-refractivity contribution in [2.75, 3.05) is 19.6 Å². The van der Waals surface area contributed by atoms with E-state index in [9.17, 15) is 4.79 Å². The predicted molar refractivity (Wildman–Crippen MR) is 63.3 cm³/mol. The van der Waals surface area contributed by atoms with E-state index in [0.29, 0.717) is 12.2 Å². The van der Waals surface area contributed by atoms with Crippen LogP contribution in [0.3, 0.4) is 0 Å². The number of Topliss-reactive ketones (excluding diaryl/α,β-unsaturated/α-hetero) is 1. The summed E-state index contributed by atoms with van der Waals surface area (Å²) in [6.45, 7) is 3.34. The van der Waals surface area contributed by atoms with Crippen LogP contribution in [-0.2, 0) is 11.2 Å². The van der Waals surface area contributed by atoms with Crippen molar-refractivity contribution in [3.63, 3.8) is 0 Å². The fourth-order valence-electron chi connectivity index (χ4n) is 1.98. The van der Waals surface area contributed by atoms with Crippen LogP contribution in [0.5, 0.6) is 0 Å². The lowest BCUT2D eigenvalue weighted by Gasteiger charge is -2.12. The summed E-state index contributed by atoms with van der Waals surface area (Å²) in [5.41, 5.74) is 0. The van der Waals surface area contributed by atoms with Crippen LogP contribution >= 0.6 is 11.3 Å². The first kappa shape index (κ1) is 10.8. The summed E-state index contributed by atoms with van der Waals surface area (Å²) in [5, 5.41) is 2.03. The Morgan fingerprint density at radius 1 is 1.40 bits per heavy atom. The number of rotatable bonds is 5. The first-order valence-corrected chi connectivity index (χ1v) is 6.49. The minimum atomic E-state index is 0.379. The van der Waals surface area contributed by atoms with E-state index in [1.165, 1.54) is 30.8 Å². The van der Waals surface area contributed by atoms with Gasteiger partial charge in [-0.15, -0.1) is 11.3 Å². The maximum atomic E-state index is 11.6. The molecule has 0 saturated carbocycles. The van der Waals surface area contributed by atoms with Crippen LogP contribution in [0.4, 0.5) is 0 Å². The Labute approximate surface area is 94.9 Å². The average molecular weight is 223 g/mol. The summed E-state index contributed by atoms with van der Waals surface area (Å²) < 4.78 is 0. The molecule has 1 saturated heterocycles. The van der Waals surface area contributed by atoms with Crippen LogP contribution in [0.2, 0.25) is 0 Å². The number of ketones is 1. The van der Waals surface area contributed by atoms with Gasteiger partial charge in [-0.1, -0.05) is 6.07 Å². The highest BCUT2D eigenvalue weighted by Gasteiger charge is 2.13. The van der Waals surface area contributed by atoms with Crippen LogP contribution < -0.4 is 0 Å². The van der Waals surface area contributed by atoms with Gasteiger partial charge < -0.3 is 4.90 Å². The molecular formula is C12H17NOS. The number of hydrogen-bond acceptors (Lipinski definition) is 3. The molecule has 0 amide bonds. The zero-order valence-corrected chi connectivity index (χ0v) is 9.76. The Bertz CT molecular complexity index is 301. The van der Waals surface area contributed by atoms with Crippen molar-refractivity contribution in [3.05, 3.63) is 22.4 Å². The van der Waals surface area contributed by atoms with Gasteiger partial charge in [-0.3, -0.25) is 4.79 Å². The van der Waals surface area contributed by atoms with Gasteiger partial charge in [0.2, 0.25) is 0 Å². The number of thiophene rings is 1. The quantitative estimate of drug-likeness (QED) is 0.763. The second kappa shape index (κ2) is 5.42. The molecule has 1 aromatic rings. The molecule has 0 aliphatic carbocycles. The molecule has 1 aliphatic heterocycles. The van der Waals surface area contributed by atoms with E-state index in [1.807, 2.05) is 17.5 Å². The van der Waals surface area contributed by atoms with Crippen LogP contribution in [0.1, 0.15) is 24.1 Å². The molecule has 2 heterocycles. The third-order valence-corrected chi connectivity index (χ3v) is 3.73. The largest absolute Gasteiger partial charge is 0.303 e. The number of nitrogens with zero attached hydrogens (tertiary/aromatic N) is 1. The molecule has 3 heteroatoms. The number of carbonyl (C=O) groups excluding carboxylic acids is 1. The molecule has 2 nitrogen and oxygen atoms in total. The van der Waals surface area contributed by atoms with E-state index in [0.717, 1.165) is 13.0 Å². The van der Waals surface area contributed by atoms with E-state index in [4.69, 9.17) is 0 Å².